The zero-order valence-corrected chi connectivity index (χ0v) is 41.9. The van der Waals surface area contributed by atoms with Gasteiger partial charge in [0.05, 0.1) is 27.6 Å². The number of rotatable bonds is 9. The summed E-state index contributed by atoms with van der Waals surface area (Å²) in [5, 5.41) is 0. The van der Waals surface area contributed by atoms with E-state index in [1.54, 1.807) is 0 Å². The van der Waals surface area contributed by atoms with E-state index in [-0.39, 0.29) is 0 Å². The molecule has 0 unspecified atom stereocenters. The Bertz CT molecular complexity index is 4030. The zero-order valence-electron chi connectivity index (χ0n) is 41.9. The Morgan fingerprint density at radius 2 is 0.539 bits per heavy atom. The van der Waals surface area contributed by atoms with Crippen molar-refractivity contribution in [3.63, 3.8) is 0 Å². The van der Waals surface area contributed by atoms with Gasteiger partial charge >= 0.3 is 0 Å². The minimum Gasteiger partial charge on any atom is -0.309 e. The van der Waals surface area contributed by atoms with E-state index < -0.39 is 16.2 Å². The molecule has 0 saturated heterocycles. The molecule has 356 valence electrons. The number of fused-ring (bicyclic) bond motifs is 9. The lowest BCUT2D eigenvalue weighted by Gasteiger charge is -2.39. The second-order valence-electron chi connectivity index (χ2n) is 20.5. The molecular weight excluding hydrogens is 915 g/mol. The topological polar surface area (TPSA) is 3.24 Å². The highest BCUT2D eigenvalue weighted by molar-refractivity contribution is 6.01. The molecule has 76 heavy (non-hydrogen) atoms. The van der Waals surface area contributed by atoms with Gasteiger partial charge in [-0.3, -0.25) is 0 Å². The van der Waals surface area contributed by atoms with Crippen LogP contribution in [0.1, 0.15) is 66.8 Å². The van der Waals surface area contributed by atoms with E-state index in [9.17, 15) is 0 Å². The number of anilines is 3. The van der Waals surface area contributed by atoms with Crippen LogP contribution in [0.4, 0.5) is 17.1 Å². The maximum Gasteiger partial charge on any atom is 0.0734 e. The smallest absolute Gasteiger partial charge is 0.0734 e. The third-order valence-corrected chi connectivity index (χ3v) is 17.1. The Morgan fingerprint density at radius 1 is 0.211 bits per heavy atom. The van der Waals surface area contributed by atoms with Gasteiger partial charge in [0.2, 0.25) is 0 Å². The first-order valence-electron chi connectivity index (χ1n) is 26.6. The number of hydrogen-bond donors (Lipinski definition) is 0. The fraction of sp³-hybridized carbons (Fsp3) is 0.0400. The molecule has 0 atom stereocenters. The first kappa shape index (κ1) is 44.0. The van der Waals surface area contributed by atoms with Crippen molar-refractivity contribution < 1.29 is 0 Å². The van der Waals surface area contributed by atoms with Crippen LogP contribution in [0.15, 0.2) is 309 Å². The SMILES string of the molecule is c1ccc(C2(c3ccccc3)c3ccccc3-c3cc(N(c4cccc5c4-c4ccccc4C5(c4ccccc4)c4ccccc4)c4cccc5c4C(c4ccccc4)(c4ccccc4)c4ccccc4-5)ccc32)cc1. The quantitative estimate of drug-likeness (QED) is 0.139. The summed E-state index contributed by atoms with van der Waals surface area (Å²) < 4.78 is 0. The van der Waals surface area contributed by atoms with Crippen LogP contribution in [0, 0.1) is 0 Å². The zero-order chi connectivity index (χ0) is 50.3. The Labute approximate surface area is 445 Å². The Kier molecular flexibility index (Phi) is 9.99. The van der Waals surface area contributed by atoms with Gasteiger partial charge in [-0.25, -0.2) is 0 Å². The lowest BCUT2D eigenvalue weighted by Crippen LogP contribution is -2.31. The van der Waals surface area contributed by atoms with Crippen molar-refractivity contribution >= 4 is 17.1 Å². The summed E-state index contributed by atoms with van der Waals surface area (Å²) in [6.45, 7) is 0. The predicted molar refractivity (Wildman–Crippen MR) is 313 cm³/mol. The average molecular weight is 966 g/mol. The maximum atomic E-state index is 2.64. The first-order valence-corrected chi connectivity index (χ1v) is 26.6. The minimum absolute atomic E-state index is 0.541. The molecule has 12 aromatic carbocycles. The maximum absolute atomic E-state index is 2.64. The second-order valence-corrected chi connectivity index (χ2v) is 20.5. The number of benzene rings is 12. The second kappa shape index (κ2) is 17.3. The van der Waals surface area contributed by atoms with E-state index in [1.807, 2.05) is 0 Å². The molecule has 3 aliphatic rings. The van der Waals surface area contributed by atoms with E-state index in [0.717, 1.165) is 17.1 Å². The molecule has 1 heteroatoms. The molecule has 3 aliphatic carbocycles. The molecule has 0 N–H and O–H groups in total. The van der Waals surface area contributed by atoms with Crippen LogP contribution in [0.3, 0.4) is 0 Å². The van der Waals surface area contributed by atoms with E-state index in [2.05, 4.69) is 314 Å². The molecule has 0 fully saturated rings. The number of hydrogen-bond acceptors (Lipinski definition) is 1. The van der Waals surface area contributed by atoms with Crippen molar-refractivity contribution in [2.45, 2.75) is 16.2 Å². The molecule has 15 rings (SSSR count). The van der Waals surface area contributed by atoms with Crippen LogP contribution >= 0.6 is 0 Å². The molecule has 0 saturated carbocycles. The monoisotopic (exact) mass is 965 g/mol. The summed E-state index contributed by atoms with van der Waals surface area (Å²) >= 11 is 0. The molecule has 12 aromatic rings. The summed E-state index contributed by atoms with van der Waals surface area (Å²) in [4.78, 5) is 2.64. The van der Waals surface area contributed by atoms with E-state index in [1.165, 1.54) is 100 Å². The van der Waals surface area contributed by atoms with Crippen LogP contribution in [0.2, 0.25) is 0 Å². The van der Waals surface area contributed by atoms with Gasteiger partial charge in [-0.15, -0.1) is 0 Å². The fourth-order valence-electron chi connectivity index (χ4n) is 14.3. The third-order valence-electron chi connectivity index (χ3n) is 17.1. The summed E-state index contributed by atoms with van der Waals surface area (Å²) in [6.07, 6.45) is 0. The van der Waals surface area contributed by atoms with Crippen molar-refractivity contribution in [2.24, 2.45) is 0 Å². The number of nitrogens with zero attached hydrogens (tertiary/aromatic N) is 1. The predicted octanol–water partition coefficient (Wildman–Crippen LogP) is 18.2. The first-order chi connectivity index (χ1) is 37.7. The van der Waals surface area contributed by atoms with Gasteiger partial charge in [0.25, 0.3) is 0 Å². The largest absolute Gasteiger partial charge is 0.309 e. The van der Waals surface area contributed by atoms with Crippen molar-refractivity contribution in [3.05, 3.63) is 376 Å². The van der Waals surface area contributed by atoms with Crippen molar-refractivity contribution in [1.29, 1.82) is 0 Å². The van der Waals surface area contributed by atoms with Crippen LogP contribution in [0.25, 0.3) is 33.4 Å². The highest BCUT2D eigenvalue weighted by Gasteiger charge is 2.51. The molecule has 0 aliphatic heterocycles. The molecule has 0 aromatic heterocycles. The normalized spacial score (nSPS) is 14.4. The Balaban J connectivity index is 1.09. The van der Waals surface area contributed by atoms with Crippen LogP contribution in [-0.2, 0) is 16.2 Å². The van der Waals surface area contributed by atoms with Crippen molar-refractivity contribution in [2.75, 3.05) is 4.90 Å². The fourth-order valence-corrected chi connectivity index (χ4v) is 14.3. The summed E-state index contributed by atoms with van der Waals surface area (Å²) in [5.74, 6) is 0. The van der Waals surface area contributed by atoms with Crippen LogP contribution < -0.4 is 4.90 Å². The van der Waals surface area contributed by atoms with E-state index >= 15 is 0 Å². The molecule has 0 spiro atoms. The van der Waals surface area contributed by atoms with Gasteiger partial charge in [-0.05, 0) is 113 Å². The van der Waals surface area contributed by atoms with Gasteiger partial charge in [0.15, 0.2) is 0 Å². The molecular formula is C75H51N. The van der Waals surface area contributed by atoms with Gasteiger partial charge in [0, 0.05) is 16.8 Å². The summed E-state index contributed by atoms with van der Waals surface area (Å²) in [7, 11) is 0. The van der Waals surface area contributed by atoms with E-state index in [4.69, 9.17) is 0 Å². The lowest BCUT2D eigenvalue weighted by atomic mass is 9.67. The van der Waals surface area contributed by atoms with Crippen LogP contribution in [-0.4, -0.2) is 0 Å². The summed E-state index contributed by atoms with van der Waals surface area (Å²) in [5.41, 5.74) is 24.1. The third kappa shape index (κ3) is 5.97. The lowest BCUT2D eigenvalue weighted by molar-refractivity contribution is 0.766. The molecule has 0 heterocycles. The van der Waals surface area contributed by atoms with Gasteiger partial charge in [0.1, 0.15) is 0 Å². The van der Waals surface area contributed by atoms with Gasteiger partial charge < -0.3 is 4.90 Å². The van der Waals surface area contributed by atoms with Crippen LogP contribution in [0.5, 0.6) is 0 Å². The Morgan fingerprint density at radius 3 is 1.04 bits per heavy atom. The standard InChI is InChI=1S/C75H51N/c1-7-27-52(28-8-1)73(53-29-9-2-10-30-53)64-43-22-20-40-60(64)63-51-58(49-50-67(63)73)76(69-47-26-46-68-71(69)62-41-21-24-45-66(62)74(68,54-31-11-3-12-32-54)55-33-13-4-14-34-55)70-48-25-42-61-59-39-19-23-44-65(59)75(72(61)70,56-35-15-5-16-36-56)57-37-17-6-18-38-57/h1-51H. The highest BCUT2D eigenvalue weighted by Crippen LogP contribution is 2.64. The Hall–Kier alpha value is -9.56. The summed E-state index contributed by atoms with van der Waals surface area (Å²) in [6, 6.07) is 116. The molecule has 0 amide bonds. The molecule has 0 bridgehead atoms. The van der Waals surface area contributed by atoms with E-state index in [0.29, 0.717) is 0 Å². The van der Waals surface area contributed by atoms with Crippen molar-refractivity contribution in [3.8, 4) is 33.4 Å². The highest BCUT2D eigenvalue weighted by atomic mass is 15.2. The molecule has 1 nitrogen and oxygen atoms in total. The van der Waals surface area contributed by atoms with Gasteiger partial charge in [-0.1, -0.05) is 285 Å². The average Bonchev–Trinajstić information content (AvgIpc) is 4.12. The minimum atomic E-state index is -0.671. The molecule has 0 radical (unpaired) electrons. The van der Waals surface area contributed by atoms with Gasteiger partial charge in [-0.2, -0.15) is 0 Å². The van der Waals surface area contributed by atoms with Crippen molar-refractivity contribution in [1.82, 2.24) is 0 Å².